The Bertz CT molecular complexity index is 1170. The molecular formula is C23H28N6O4. The summed E-state index contributed by atoms with van der Waals surface area (Å²) in [5, 5.41) is 14.9. The first-order chi connectivity index (χ1) is 16.0. The molecule has 0 bridgehead atoms. The number of piperazine rings is 1. The minimum absolute atomic E-state index is 0.253. The molecule has 33 heavy (non-hydrogen) atoms. The number of aryl methyl sites for hydroxylation is 1. The van der Waals surface area contributed by atoms with Gasteiger partial charge in [-0.2, -0.15) is 15.1 Å². The summed E-state index contributed by atoms with van der Waals surface area (Å²) in [5.41, 5.74) is 3.59. The molecule has 4 heterocycles. The highest BCUT2D eigenvalue weighted by atomic mass is 16.5. The second-order valence-corrected chi connectivity index (χ2v) is 8.54. The quantitative estimate of drug-likeness (QED) is 0.644. The van der Waals surface area contributed by atoms with Crippen molar-refractivity contribution in [3.05, 3.63) is 35.5 Å². The Morgan fingerprint density at radius 3 is 2.52 bits per heavy atom. The van der Waals surface area contributed by atoms with Crippen LogP contribution < -0.4 is 9.64 Å². The van der Waals surface area contributed by atoms with Crippen LogP contribution in [0.2, 0.25) is 0 Å². The third-order valence-corrected chi connectivity index (χ3v) is 6.57. The highest BCUT2D eigenvalue weighted by Gasteiger charge is 2.24. The average Bonchev–Trinajstić information content (AvgIpc) is 3.26. The van der Waals surface area contributed by atoms with Gasteiger partial charge in [0, 0.05) is 50.8 Å². The maximum Gasteiger partial charge on any atom is 0.407 e. The van der Waals surface area contributed by atoms with E-state index >= 15 is 0 Å². The number of methoxy groups -OCH3 is 1. The molecule has 2 saturated heterocycles. The highest BCUT2D eigenvalue weighted by Crippen LogP contribution is 2.33. The van der Waals surface area contributed by atoms with Crippen LogP contribution in [0.1, 0.15) is 29.9 Å². The van der Waals surface area contributed by atoms with Gasteiger partial charge in [0.25, 0.3) is 0 Å². The maximum atomic E-state index is 11.2. The lowest BCUT2D eigenvalue weighted by molar-refractivity contribution is 0.0852. The maximum absolute atomic E-state index is 11.2. The first kappa shape index (κ1) is 21.4. The van der Waals surface area contributed by atoms with Crippen molar-refractivity contribution in [3.8, 4) is 11.8 Å². The molecule has 0 saturated carbocycles. The zero-order valence-electron chi connectivity index (χ0n) is 18.9. The molecular weight excluding hydrogens is 424 g/mol. The Morgan fingerprint density at radius 2 is 1.82 bits per heavy atom. The number of anilines is 1. The molecule has 2 aromatic heterocycles. The lowest BCUT2D eigenvalue weighted by Gasteiger charge is -2.33. The number of carboxylic acid groups (broad SMARTS) is 1. The number of fused-ring (bicyclic) bond motifs is 1. The molecule has 10 nitrogen and oxygen atoms in total. The van der Waals surface area contributed by atoms with Crippen LogP contribution in [0, 0.1) is 6.92 Å². The van der Waals surface area contributed by atoms with E-state index in [4.69, 9.17) is 9.47 Å². The van der Waals surface area contributed by atoms with Crippen molar-refractivity contribution in [2.45, 2.75) is 25.7 Å². The highest BCUT2D eigenvalue weighted by molar-refractivity contribution is 5.82. The Hall–Kier alpha value is -3.40. The Kier molecular flexibility index (Phi) is 5.76. The van der Waals surface area contributed by atoms with Crippen LogP contribution in [0.3, 0.4) is 0 Å². The predicted molar refractivity (Wildman–Crippen MR) is 123 cm³/mol. The summed E-state index contributed by atoms with van der Waals surface area (Å²) in [6.07, 6.45) is 3.01. The number of hydrogen-bond acceptors (Lipinski definition) is 7. The largest absolute Gasteiger partial charge is 0.467 e. The van der Waals surface area contributed by atoms with Crippen molar-refractivity contribution in [2.24, 2.45) is 0 Å². The molecule has 0 aliphatic carbocycles. The van der Waals surface area contributed by atoms with E-state index in [9.17, 15) is 9.90 Å². The van der Waals surface area contributed by atoms with Gasteiger partial charge in [0.05, 0.1) is 18.8 Å². The van der Waals surface area contributed by atoms with E-state index in [2.05, 4.69) is 39.0 Å². The number of ether oxygens (including phenoxy) is 2. The van der Waals surface area contributed by atoms with Crippen LogP contribution in [-0.2, 0) is 4.74 Å². The minimum Gasteiger partial charge on any atom is -0.467 e. The van der Waals surface area contributed by atoms with Crippen LogP contribution in [0.25, 0.3) is 16.7 Å². The number of nitrogens with zero attached hydrogens (tertiary/aromatic N) is 6. The molecule has 0 unspecified atom stereocenters. The number of hydrogen-bond donors (Lipinski definition) is 1. The second-order valence-electron chi connectivity index (χ2n) is 8.54. The molecule has 2 aliphatic heterocycles. The fourth-order valence-electron chi connectivity index (χ4n) is 4.72. The normalized spacial score (nSPS) is 17.5. The molecule has 2 fully saturated rings. The van der Waals surface area contributed by atoms with Crippen molar-refractivity contribution >= 4 is 22.8 Å². The summed E-state index contributed by atoms with van der Waals surface area (Å²) in [6, 6.07) is 6.56. The van der Waals surface area contributed by atoms with Crippen molar-refractivity contribution in [2.75, 3.05) is 51.4 Å². The first-order valence-corrected chi connectivity index (χ1v) is 11.3. The van der Waals surface area contributed by atoms with Gasteiger partial charge in [0.2, 0.25) is 0 Å². The van der Waals surface area contributed by atoms with Crippen molar-refractivity contribution < 1.29 is 19.4 Å². The fourth-order valence-corrected chi connectivity index (χ4v) is 4.72. The summed E-state index contributed by atoms with van der Waals surface area (Å²) >= 11 is 0. The molecule has 1 amide bonds. The predicted octanol–water partition coefficient (Wildman–Crippen LogP) is 2.83. The Balaban J connectivity index is 1.51. The lowest BCUT2D eigenvalue weighted by atomic mass is 9.88. The van der Waals surface area contributed by atoms with Gasteiger partial charge < -0.3 is 24.4 Å². The van der Waals surface area contributed by atoms with Crippen molar-refractivity contribution in [1.29, 1.82) is 0 Å². The van der Waals surface area contributed by atoms with Gasteiger partial charge in [-0.15, -0.1) is 0 Å². The number of rotatable bonds is 4. The molecule has 0 spiro atoms. The summed E-state index contributed by atoms with van der Waals surface area (Å²) < 4.78 is 12.8. The third-order valence-electron chi connectivity index (χ3n) is 6.57. The number of aromatic nitrogens is 4. The molecule has 5 rings (SSSR count). The van der Waals surface area contributed by atoms with Gasteiger partial charge in [-0.25, -0.2) is 9.48 Å². The molecule has 174 valence electrons. The molecule has 1 aromatic carbocycles. The molecule has 10 heteroatoms. The Morgan fingerprint density at radius 1 is 1.09 bits per heavy atom. The Labute approximate surface area is 191 Å². The van der Waals surface area contributed by atoms with Gasteiger partial charge in [0.15, 0.2) is 5.82 Å². The van der Waals surface area contributed by atoms with Gasteiger partial charge in [0.1, 0.15) is 5.82 Å². The third kappa shape index (κ3) is 4.18. The standard InChI is InChI=1S/C23H28N6O4/c1-15-11-17-14-24-29(19(17)12-18(15)16-3-9-33-10-4-16)21-13-20(25-22(26-21)32-2)27-5-7-28(8-6-27)23(30)31/h11-14,16H,3-10H2,1-2H3,(H,30,31). The first-order valence-electron chi connectivity index (χ1n) is 11.3. The van der Waals surface area contributed by atoms with E-state index in [1.165, 1.54) is 16.0 Å². The number of benzene rings is 1. The molecule has 0 radical (unpaired) electrons. The van der Waals surface area contributed by atoms with Crippen molar-refractivity contribution in [1.82, 2.24) is 24.6 Å². The lowest BCUT2D eigenvalue weighted by Crippen LogP contribution is -2.48. The van der Waals surface area contributed by atoms with E-state index in [1.54, 1.807) is 7.11 Å². The van der Waals surface area contributed by atoms with Gasteiger partial charge in [-0.1, -0.05) is 0 Å². The SMILES string of the molecule is COc1nc(N2CCN(C(=O)O)CC2)cc(-n2ncc3cc(C)c(C4CCOCC4)cc32)n1. The summed E-state index contributed by atoms with van der Waals surface area (Å²) in [5.74, 6) is 1.80. The van der Waals surface area contributed by atoms with Crippen LogP contribution >= 0.6 is 0 Å². The van der Waals surface area contributed by atoms with E-state index in [1.807, 2.05) is 16.9 Å². The van der Waals surface area contributed by atoms with Crippen LogP contribution in [0.5, 0.6) is 6.01 Å². The van der Waals surface area contributed by atoms with E-state index < -0.39 is 6.09 Å². The zero-order valence-corrected chi connectivity index (χ0v) is 18.9. The topological polar surface area (TPSA) is 106 Å². The van der Waals surface area contributed by atoms with Gasteiger partial charge in [-0.3, -0.25) is 0 Å². The summed E-state index contributed by atoms with van der Waals surface area (Å²) in [4.78, 5) is 23.8. The molecule has 1 N–H and O–H groups in total. The van der Waals surface area contributed by atoms with Crippen LogP contribution in [0.4, 0.5) is 10.6 Å². The molecule has 0 atom stereocenters. The number of amides is 1. The number of carbonyl (C=O) groups is 1. The van der Waals surface area contributed by atoms with Gasteiger partial charge in [-0.05, 0) is 48.9 Å². The van der Waals surface area contributed by atoms with Crippen LogP contribution in [0.15, 0.2) is 24.4 Å². The minimum atomic E-state index is -0.894. The summed E-state index contributed by atoms with van der Waals surface area (Å²) in [6.45, 7) is 5.71. The average molecular weight is 453 g/mol. The monoisotopic (exact) mass is 452 g/mol. The van der Waals surface area contributed by atoms with E-state index in [-0.39, 0.29) is 6.01 Å². The van der Waals surface area contributed by atoms with Crippen LogP contribution in [-0.4, -0.2) is 82.4 Å². The molecule has 3 aromatic rings. The van der Waals surface area contributed by atoms with Crippen molar-refractivity contribution in [3.63, 3.8) is 0 Å². The van der Waals surface area contributed by atoms with E-state index in [0.29, 0.717) is 43.7 Å². The fraction of sp³-hybridized carbons (Fsp3) is 0.478. The zero-order chi connectivity index (χ0) is 22.9. The van der Waals surface area contributed by atoms with Gasteiger partial charge >= 0.3 is 12.1 Å². The summed E-state index contributed by atoms with van der Waals surface area (Å²) in [7, 11) is 1.54. The molecule has 2 aliphatic rings. The smallest absolute Gasteiger partial charge is 0.407 e. The van der Waals surface area contributed by atoms with E-state index in [0.717, 1.165) is 37.0 Å². The second kappa shape index (κ2) is 8.86.